The number of rotatable bonds is 0. The predicted octanol–water partition coefficient (Wildman–Crippen LogP) is 2.17. The molecule has 0 aromatic carbocycles. The molecule has 1 heterocycles. The minimum atomic E-state index is -4.42. The Kier molecular flexibility index (Phi) is 2.51. The molecule has 6 heteroatoms. The molecule has 0 aliphatic rings. The van der Waals surface area contributed by atoms with Crippen molar-refractivity contribution in [2.75, 3.05) is 0 Å². The van der Waals surface area contributed by atoms with Gasteiger partial charge >= 0.3 is 6.18 Å². The van der Waals surface area contributed by atoms with Gasteiger partial charge in [-0.15, -0.1) is 0 Å². The lowest BCUT2D eigenvalue weighted by Gasteiger charge is -2.08. The van der Waals surface area contributed by atoms with Crippen LogP contribution in [0.4, 0.5) is 13.2 Å². The number of nitrogens with zero attached hydrogens (tertiary/aromatic N) is 1. The van der Waals surface area contributed by atoms with E-state index in [0.29, 0.717) is 0 Å². The first-order chi connectivity index (χ1) is 5.82. The van der Waals surface area contributed by atoms with E-state index in [1.807, 2.05) is 0 Å². The highest BCUT2D eigenvalue weighted by atomic mass is 79.9. The maximum atomic E-state index is 12.1. The van der Waals surface area contributed by atoms with Crippen molar-refractivity contribution >= 4 is 15.9 Å². The molecule has 0 amide bonds. The van der Waals surface area contributed by atoms with Gasteiger partial charge in [0.05, 0.1) is 10.0 Å². The first-order valence-electron chi connectivity index (χ1n) is 3.26. The number of aryl methyl sites for hydroxylation is 1. The fourth-order valence-corrected chi connectivity index (χ4v) is 1.35. The number of hydrogen-bond acceptors (Lipinski definition) is 1. The number of halogens is 4. The third-order valence-corrected chi connectivity index (χ3v) is 2.04. The molecule has 2 nitrogen and oxygen atoms in total. The summed E-state index contributed by atoms with van der Waals surface area (Å²) in [5, 5.41) is 0. The van der Waals surface area contributed by atoms with Gasteiger partial charge < -0.3 is 4.57 Å². The second kappa shape index (κ2) is 3.17. The van der Waals surface area contributed by atoms with E-state index in [-0.39, 0.29) is 4.47 Å². The molecule has 72 valence electrons. The number of pyridine rings is 1. The van der Waals surface area contributed by atoms with E-state index in [0.717, 1.165) is 16.8 Å². The van der Waals surface area contributed by atoms with Crippen molar-refractivity contribution < 1.29 is 13.2 Å². The Morgan fingerprint density at radius 2 is 2.00 bits per heavy atom. The van der Waals surface area contributed by atoms with Crippen LogP contribution < -0.4 is 5.56 Å². The summed E-state index contributed by atoms with van der Waals surface area (Å²) >= 11 is 2.76. The van der Waals surface area contributed by atoms with Gasteiger partial charge in [-0.05, 0) is 22.0 Å². The van der Waals surface area contributed by atoms with Crippen molar-refractivity contribution in [1.82, 2.24) is 4.57 Å². The van der Waals surface area contributed by atoms with Crippen molar-refractivity contribution in [2.24, 2.45) is 7.05 Å². The number of hydrogen-bond donors (Lipinski definition) is 0. The van der Waals surface area contributed by atoms with Crippen LogP contribution in [-0.4, -0.2) is 4.57 Å². The lowest BCUT2D eigenvalue weighted by Crippen LogP contribution is -2.20. The second-order valence-electron chi connectivity index (χ2n) is 2.49. The number of aromatic nitrogens is 1. The minimum absolute atomic E-state index is 0.0928. The highest BCUT2D eigenvalue weighted by Crippen LogP contribution is 2.29. The first-order valence-corrected chi connectivity index (χ1v) is 4.05. The second-order valence-corrected chi connectivity index (χ2v) is 3.34. The highest BCUT2D eigenvalue weighted by Gasteiger charge is 2.31. The van der Waals surface area contributed by atoms with Crippen LogP contribution in [0.15, 0.2) is 21.5 Å². The average Bonchev–Trinajstić information content (AvgIpc) is 1.97. The Labute approximate surface area is 80.1 Å². The van der Waals surface area contributed by atoms with Gasteiger partial charge in [0, 0.05) is 13.2 Å². The number of alkyl halides is 3. The van der Waals surface area contributed by atoms with E-state index in [4.69, 9.17) is 0 Å². The fraction of sp³-hybridized carbons (Fsp3) is 0.286. The summed E-state index contributed by atoms with van der Waals surface area (Å²) in [6.45, 7) is 0. The Balaban J connectivity index is 3.38. The Morgan fingerprint density at radius 3 is 2.38 bits per heavy atom. The molecule has 1 aromatic heterocycles. The monoisotopic (exact) mass is 255 g/mol. The minimum Gasteiger partial charge on any atom is -0.317 e. The molecule has 13 heavy (non-hydrogen) atoms. The van der Waals surface area contributed by atoms with Crippen LogP contribution in [0.1, 0.15) is 5.56 Å². The van der Waals surface area contributed by atoms with E-state index in [1.54, 1.807) is 0 Å². The van der Waals surface area contributed by atoms with Gasteiger partial charge in [0.15, 0.2) is 0 Å². The molecule has 0 bridgehead atoms. The third-order valence-electron chi connectivity index (χ3n) is 1.47. The molecule has 0 unspecified atom stereocenters. The quantitative estimate of drug-likeness (QED) is 0.697. The van der Waals surface area contributed by atoms with Gasteiger partial charge in [-0.25, -0.2) is 0 Å². The molecular formula is C7H5BrF3NO. The van der Waals surface area contributed by atoms with Gasteiger partial charge in [-0.1, -0.05) is 0 Å². The molecule has 0 atom stereocenters. The molecule has 0 radical (unpaired) electrons. The molecular weight excluding hydrogens is 251 g/mol. The highest BCUT2D eigenvalue weighted by molar-refractivity contribution is 9.10. The summed E-state index contributed by atoms with van der Waals surface area (Å²) < 4.78 is 37.2. The van der Waals surface area contributed by atoms with Crippen LogP contribution in [-0.2, 0) is 13.2 Å². The van der Waals surface area contributed by atoms with E-state index in [2.05, 4.69) is 15.9 Å². The van der Waals surface area contributed by atoms with Gasteiger partial charge in [0.2, 0.25) is 0 Å². The molecule has 0 saturated carbocycles. The van der Waals surface area contributed by atoms with Crippen molar-refractivity contribution in [2.45, 2.75) is 6.18 Å². The lowest BCUT2D eigenvalue weighted by molar-refractivity contribution is -0.138. The molecule has 0 fully saturated rings. The predicted molar refractivity (Wildman–Crippen MR) is 44.4 cm³/mol. The van der Waals surface area contributed by atoms with Crippen LogP contribution >= 0.6 is 15.9 Å². The summed E-state index contributed by atoms with van der Waals surface area (Å²) in [7, 11) is 1.27. The Bertz CT molecular complexity index is 356. The zero-order chi connectivity index (χ0) is 10.2. The standard InChI is InChI=1S/C7H5BrF3NO/c1-12-3-4(7(9,10)11)2-5(8)6(12)13/h2-3H,1H3. The Hall–Kier alpha value is -0.780. The van der Waals surface area contributed by atoms with E-state index >= 15 is 0 Å². The molecule has 0 N–H and O–H groups in total. The Morgan fingerprint density at radius 1 is 1.46 bits per heavy atom. The molecule has 1 rings (SSSR count). The maximum absolute atomic E-state index is 12.1. The van der Waals surface area contributed by atoms with E-state index < -0.39 is 17.3 Å². The topological polar surface area (TPSA) is 22.0 Å². The lowest BCUT2D eigenvalue weighted by atomic mass is 10.3. The molecule has 0 saturated heterocycles. The smallest absolute Gasteiger partial charge is 0.317 e. The molecule has 0 spiro atoms. The van der Waals surface area contributed by atoms with Crippen LogP contribution in [0.3, 0.4) is 0 Å². The normalized spacial score (nSPS) is 11.8. The van der Waals surface area contributed by atoms with E-state index in [1.165, 1.54) is 7.05 Å². The van der Waals surface area contributed by atoms with Crippen molar-refractivity contribution in [3.8, 4) is 0 Å². The largest absolute Gasteiger partial charge is 0.417 e. The molecule has 1 aromatic rings. The molecule has 0 aliphatic carbocycles. The summed E-state index contributed by atoms with van der Waals surface area (Å²) in [5.74, 6) is 0. The summed E-state index contributed by atoms with van der Waals surface area (Å²) in [4.78, 5) is 11.0. The first kappa shape index (κ1) is 10.3. The third kappa shape index (κ3) is 2.12. The van der Waals surface area contributed by atoms with Crippen molar-refractivity contribution in [3.05, 3.63) is 32.7 Å². The van der Waals surface area contributed by atoms with Gasteiger partial charge in [-0.3, -0.25) is 4.79 Å². The van der Waals surface area contributed by atoms with E-state index in [9.17, 15) is 18.0 Å². The van der Waals surface area contributed by atoms with Crippen molar-refractivity contribution in [3.63, 3.8) is 0 Å². The zero-order valence-electron chi connectivity index (χ0n) is 6.52. The fourth-order valence-electron chi connectivity index (χ4n) is 0.826. The summed E-state index contributed by atoms with van der Waals surface area (Å²) in [6.07, 6.45) is -3.67. The maximum Gasteiger partial charge on any atom is 0.417 e. The van der Waals surface area contributed by atoms with Crippen LogP contribution in [0, 0.1) is 0 Å². The van der Waals surface area contributed by atoms with Gasteiger partial charge in [0.1, 0.15) is 0 Å². The van der Waals surface area contributed by atoms with Crippen LogP contribution in [0.25, 0.3) is 0 Å². The summed E-state index contributed by atoms with van der Waals surface area (Å²) in [5.41, 5.74) is -1.34. The summed E-state index contributed by atoms with van der Waals surface area (Å²) in [6, 6.07) is 0.766. The zero-order valence-corrected chi connectivity index (χ0v) is 8.11. The van der Waals surface area contributed by atoms with Gasteiger partial charge in [0.25, 0.3) is 5.56 Å². The molecule has 0 aliphatic heterocycles. The van der Waals surface area contributed by atoms with Crippen LogP contribution in [0.5, 0.6) is 0 Å². The van der Waals surface area contributed by atoms with Crippen molar-refractivity contribution in [1.29, 1.82) is 0 Å². The van der Waals surface area contributed by atoms with Crippen LogP contribution in [0.2, 0.25) is 0 Å². The average molecular weight is 256 g/mol. The SMILES string of the molecule is Cn1cc(C(F)(F)F)cc(Br)c1=O. The van der Waals surface area contributed by atoms with Gasteiger partial charge in [-0.2, -0.15) is 13.2 Å².